The molecule has 2 heteroatoms. The zero-order valence-corrected chi connectivity index (χ0v) is 8.62. The molecule has 0 aliphatic carbocycles. The second kappa shape index (κ2) is 5.40. The lowest BCUT2D eigenvalue weighted by Crippen LogP contribution is -2.23. The van der Waals surface area contributed by atoms with Crippen LogP contribution >= 0.6 is 0 Å². The Morgan fingerprint density at radius 2 is 2.31 bits per heavy atom. The van der Waals surface area contributed by atoms with Gasteiger partial charge < -0.3 is 9.84 Å². The van der Waals surface area contributed by atoms with E-state index in [1.165, 1.54) is 18.4 Å². The molecule has 0 aromatic heterocycles. The lowest BCUT2D eigenvalue weighted by molar-refractivity contribution is -0.00734. The molecule has 2 unspecified atom stereocenters. The fourth-order valence-electron chi connectivity index (χ4n) is 1.72. The largest absolute Gasteiger partial charge is 0.389 e. The van der Waals surface area contributed by atoms with E-state index in [0.717, 1.165) is 19.4 Å². The summed E-state index contributed by atoms with van der Waals surface area (Å²) < 4.78 is 5.54. The molecule has 0 spiro atoms. The zero-order chi connectivity index (χ0) is 9.68. The average Bonchev–Trinajstić information content (AvgIpc) is 2.04. The van der Waals surface area contributed by atoms with Crippen molar-refractivity contribution >= 4 is 0 Å². The zero-order valence-electron chi connectivity index (χ0n) is 8.62. The van der Waals surface area contributed by atoms with E-state index in [2.05, 4.69) is 0 Å². The summed E-state index contributed by atoms with van der Waals surface area (Å²) in [6, 6.07) is 0. The Bertz CT molecular complexity index is 165. The Morgan fingerprint density at radius 1 is 1.54 bits per heavy atom. The first-order valence-electron chi connectivity index (χ1n) is 5.13. The van der Waals surface area contributed by atoms with Crippen molar-refractivity contribution in [2.24, 2.45) is 0 Å². The summed E-state index contributed by atoms with van der Waals surface area (Å²) in [6.45, 7) is 4.88. The molecule has 0 radical (unpaired) electrons. The highest BCUT2D eigenvalue weighted by molar-refractivity contribution is 4.98. The van der Waals surface area contributed by atoms with E-state index < -0.39 is 0 Å². The van der Waals surface area contributed by atoms with Crippen molar-refractivity contribution in [3.8, 4) is 0 Å². The molecule has 76 valence electrons. The van der Waals surface area contributed by atoms with Gasteiger partial charge in [-0.25, -0.2) is 0 Å². The fraction of sp³-hybridized carbons (Fsp3) is 0.818. The molecule has 2 atom stereocenters. The molecule has 1 saturated heterocycles. The van der Waals surface area contributed by atoms with Crippen LogP contribution in [0.1, 0.15) is 39.5 Å². The first-order valence-corrected chi connectivity index (χ1v) is 5.13. The van der Waals surface area contributed by atoms with Gasteiger partial charge in [-0.05, 0) is 33.1 Å². The van der Waals surface area contributed by atoms with Crippen LogP contribution in [0, 0.1) is 0 Å². The molecule has 1 aliphatic rings. The molecule has 1 heterocycles. The third kappa shape index (κ3) is 4.44. The first-order chi connectivity index (χ1) is 6.18. The lowest BCUT2D eigenvalue weighted by atomic mass is 10.0. The Kier molecular flexibility index (Phi) is 4.46. The van der Waals surface area contributed by atoms with Gasteiger partial charge in [0.25, 0.3) is 0 Å². The van der Waals surface area contributed by atoms with Crippen molar-refractivity contribution in [2.45, 2.75) is 51.7 Å². The van der Waals surface area contributed by atoms with Crippen LogP contribution in [0.25, 0.3) is 0 Å². The van der Waals surface area contributed by atoms with Gasteiger partial charge in [0.2, 0.25) is 0 Å². The van der Waals surface area contributed by atoms with Crippen molar-refractivity contribution in [3.05, 3.63) is 11.6 Å². The summed E-state index contributed by atoms with van der Waals surface area (Å²) in [5.74, 6) is 0. The first kappa shape index (κ1) is 10.7. The van der Waals surface area contributed by atoms with E-state index in [9.17, 15) is 5.11 Å². The van der Waals surface area contributed by atoms with Gasteiger partial charge in [0, 0.05) is 13.0 Å². The maximum Gasteiger partial charge on any atom is 0.0748 e. The highest BCUT2D eigenvalue weighted by atomic mass is 16.5. The van der Waals surface area contributed by atoms with E-state index >= 15 is 0 Å². The standard InChI is InChI=1S/C11H20O2/c1-9(2)7-10(12)8-11-5-3-4-6-13-11/h7,10-12H,3-6,8H2,1-2H3. The maximum atomic E-state index is 9.62. The van der Waals surface area contributed by atoms with E-state index in [1.54, 1.807) is 0 Å². The van der Waals surface area contributed by atoms with Gasteiger partial charge >= 0.3 is 0 Å². The topological polar surface area (TPSA) is 29.5 Å². The van der Waals surface area contributed by atoms with E-state index in [-0.39, 0.29) is 12.2 Å². The Morgan fingerprint density at radius 3 is 2.85 bits per heavy atom. The quantitative estimate of drug-likeness (QED) is 0.682. The van der Waals surface area contributed by atoms with Crippen molar-refractivity contribution in [1.29, 1.82) is 0 Å². The molecule has 1 N–H and O–H groups in total. The Labute approximate surface area is 80.6 Å². The number of ether oxygens (including phenoxy) is 1. The molecule has 0 aromatic carbocycles. The SMILES string of the molecule is CC(C)=CC(O)CC1CCCCO1. The Balaban J connectivity index is 2.26. The molecular weight excluding hydrogens is 164 g/mol. The molecule has 13 heavy (non-hydrogen) atoms. The molecule has 1 rings (SSSR count). The molecule has 0 amide bonds. The summed E-state index contributed by atoms with van der Waals surface area (Å²) in [5, 5.41) is 9.62. The summed E-state index contributed by atoms with van der Waals surface area (Å²) in [6.07, 6.45) is 6.13. The molecule has 1 aliphatic heterocycles. The number of hydrogen-bond donors (Lipinski definition) is 1. The lowest BCUT2D eigenvalue weighted by Gasteiger charge is -2.23. The van der Waals surface area contributed by atoms with Crippen LogP contribution in [-0.4, -0.2) is 23.9 Å². The van der Waals surface area contributed by atoms with Crippen LogP contribution in [0.3, 0.4) is 0 Å². The molecular formula is C11H20O2. The summed E-state index contributed by atoms with van der Waals surface area (Å²) in [7, 11) is 0. The predicted molar refractivity (Wildman–Crippen MR) is 53.6 cm³/mol. The van der Waals surface area contributed by atoms with Gasteiger partial charge in [-0.15, -0.1) is 0 Å². The van der Waals surface area contributed by atoms with Crippen LogP contribution in [-0.2, 0) is 4.74 Å². The van der Waals surface area contributed by atoms with Crippen molar-refractivity contribution < 1.29 is 9.84 Å². The molecule has 0 saturated carbocycles. The van der Waals surface area contributed by atoms with E-state index in [1.807, 2.05) is 19.9 Å². The number of rotatable bonds is 3. The highest BCUT2D eigenvalue weighted by Gasteiger charge is 2.16. The van der Waals surface area contributed by atoms with Crippen LogP contribution in [0.4, 0.5) is 0 Å². The molecule has 0 bridgehead atoms. The predicted octanol–water partition coefficient (Wildman–Crippen LogP) is 2.27. The average molecular weight is 184 g/mol. The molecule has 2 nitrogen and oxygen atoms in total. The van der Waals surface area contributed by atoms with Crippen molar-refractivity contribution in [3.63, 3.8) is 0 Å². The number of aliphatic hydroxyl groups is 1. The van der Waals surface area contributed by atoms with Crippen molar-refractivity contribution in [1.82, 2.24) is 0 Å². The van der Waals surface area contributed by atoms with Gasteiger partial charge in [-0.1, -0.05) is 11.6 Å². The van der Waals surface area contributed by atoms with E-state index in [0.29, 0.717) is 0 Å². The smallest absolute Gasteiger partial charge is 0.0748 e. The summed E-state index contributed by atoms with van der Waals surface area (Å²) >= 11 is 0. The van der Waals surface area contributed by atoms with Gasteiger partial charge in [0.1, 0.15) is 0 Å². The van der Waals surface area contributed by atoms with Crippen LogP contribution in [0.15, 0.2) is 11.6 Å². The van der Waals surface area contributed by atoms with Crippen LogP contribution < -0.4 is 0 Å². The minimum absolute atomic E-state index is 0.277. The van der Waals surface area contributed by atoms with Gasteiger partial charge in [-0.3, -0.25) is 0 Å². The second-order valence-corrected chi connectivity index (χ2v) is 4.04. The fourth-order valence-corrected chi connectivity index (χ4v) is 1.72. The summed E-state index contributed by atoms with van der Waals surface area (Å²) in [4.78, 5) is 0. The minimum atomic E-state index is -0.326. The third-order valence-electron chi connectivity index (χ3n) is 2.30. The Hall–Kier alpha value is -0.340. The number of allylic oxidation sites excluding steroid dienone is 1. The van der Waals surface area contributed by atoms with Crippen LogP contribution in [0.2, 0.25) is 0 Å². The normalized spacial score (nSPS) is 25.3. The van der Waals surface area contributed by atoms with Gasteiger partial charge in [0.15, 0.2) is 0 Å². The highest BCUT2D eigenvalue weighted by Crippen LogP contribution is 2.17. The van der Waals surface area contributed by atoms with E-state index in [4.69, 9.17) is 4.74 Å². The monoisotopic (exact) mass is 184 g/mol. The van der Waals surface area contributed by atoms with Crippen LogP contribution in [0.5, 0.6) is 0 Å². The minimum Gasteiger partial charge on any atom is -0.389 e. The van der Waals surface area contributed by atoms with Gasteiger partial charge in [-0.2, -0.15) is 0 Å². The van der Waals surface area contributed by atoms with Crippen molar-refractivity contribution in [2.75, 3.05) is 6.61 Å². The number of aliphatic hydroxyl groups excluding tert-OH is 1. The number of hydrogen-bond acceptors (Lipinski definition) is 2. The molecule has 0 aromatic rings. The van der Waals surface area contributed by atoms with Gasteiger partial charge in [0.05, 0.1) is 12.2 Å². The third-order valence-corrected chi connectivity index (χ3v) is 2.30. The second-order valence-electron chi connectivity index (χ2n) is 4.04. The maximum absolute atomic E-state index is 9.62. The summed E-state index contributed by atoms with van der Waals surface area (Å²) in [5.41, 5.74) is 1.17. The molecule has 1 fully saturated rings.